The molecule has 0 amide bonds. The normalized spacial score (nSPS) is 15.6. The van der Waals surface area contributed by atoms with Crippen molar-refractivity contribution in [2.24, 2.45) is 0 Å². The van der Waals surface area contributed by atoms with Crippen LogP contribution in [-0.2, 0) is 11.8 Å². The van der Waals surface area contributed by atoms with Gasteiger partial charge in [-0.25, -0.2) is 0 Å². The number of hydrogen-bond acceptors (Lipinski definition) is 1. The Morgan fingerprint density at radius 2 is 0.986 bits per heavy atom. The molecular weight excluding hydrogens is 843 g/mol. The molecule has 70 heavy (non-hydrogen) atoms. The van der Waals surface area contributed by atoms with Crippen molar-refractivity contribution in [1.82, 2.24) is 0 Å². The van der Waals surface area contributed by atoms with E-state index >= 15 is 0 Å². The molecule has 2 aliphatic rings. The van der Waals surface area contributed by atoms with Crippen molar-refractivity contribution >= 4 is 17.1 Å². The lowest BCUT2D eigenvalue weighted by molar-refractivity contribution is 0.765. The Balaban J connectivity index is 0.977. The molecule has 0 N–H and O–H groups in total. The summed E-state index contributed by atoms with van der Waals surface area (Å²) < 4.78 is 39.0. The minimum Gasteiger partial charge on any atom is -0.310 e. The molecule has 0 aliphatic heterocycles. The Morgan fingerprint density at radius 1 is 0.457 bits per heavy atom. The second-order valence-corrected chi connectivity index (χ2v) is 18.4. The van der Waals surface area contributed by atoms with E-state index in [2.05, 4.69) is 218 Å². The van der Waals surface area contributed by atoms with Crippen molar-refractivity contribution < 1.29 is 5.48 Å². The summed E-state index contributed by atoms with van der Waals surface area (Å²) in [5, 5.41) is 0. The van der Waals surface area contributed by atoms with Gasteiger partial charge in [0.25, 0.3) is 0 Å². The van der Waals surface area contributed by atoms with Crippen molar-refractivity contribution in [1.29, 1.82) is 0 Å². The Morgan fingerprint density at radius 3 is 1.61 bits per heavy atom. The molecule has 0 radical (unpaired) electrons. The van der Waals surface area contributed by atoms with Gasteiger partial charge in [0.1, 0.15) is 0 Å². The second-order valence-electron chi connectivity index (χ2n) is 18.4. The first kappa shape index (κ1) is 38.4. The Hall–Kier alpha value is -8.52. The number of nitrogens with zero attached hydrogens (tertiary/aromatic N) is 1. The van der Waals surface area contributed by atoms with Gasteiger partial charge in [-0.2, -0.15) is 0 Å². The second kappa shape index (κ2) is 18.9. The van der Waals surface area contributed by atoms with Gasteiger partial charge in [0.15, 0.2) is 0 Å². The maximum atomic E-state index is 9.88. The van der Waals surface area contributed by atoms with E-state index < -0.39 is 5.41 Å². The molecule has 2 atom stereocenters. The highest BCUT2D eigenvalue weighted by Crippen LogP contribution is 2.57. The fourth-order valence-corrected chi connectivity index (χ4v) is 11.0. The molecule has 0 saturated carbocycles. The van der Waals surface area contributed by atoms with Gasteiger partial charge in [-0.05, 0) is 127 Å². The minimum absolute atomic E-state index is 0.0948. The van der Waals surface area contributed by atoms with Crippen LogP contribution < -0.4 is 4.90 Å². The number of anilines is 3. The van der Waals surface area contributed by atoms with E-state index in [1.165, 1.54) is 22.3 Å². The third-order valence-corrected chi connectivity index (χ3v) is 14.4. The van der Waals surface area contributed by atoms with Crippen LogP contribution in [-0.4, -0.2) is 0 Å². The lowest BCUT2D eigenvalue weighted by Crippen LogP contribution is -2.28. The molecule has 0 heterocycles. The number of allylic oxidation sites excluding steroid dienone is 4. The highest BCUT2D eigenvalue weighted by Gasteiger charge is 2.46. The zero-order chi connectivity index (χ0) is 50.2. The number of benzene rings is 10. The van der Waals surface area contributed by atoms with Crippen LogP contribution >= 0.6 is 0 Å². The van der Waals surface area contributed by atoms with Crippen LogP contribution in [0.25, 0.3) is 33.4 Å². The van der Waals surface area contributed by atoms with Crippen molar-refractivity contribution in [3.05, 3.63) is 330 Å². The fraction of sp³-hybridized carbons (Fsp3) is 0.0725. The van der Waals surface area contributed by atoms with Crippen molar-refractivity contribution in [2.45, 2.75) is 30.1 Å². The molecule has 334 valence electrons. The zero-order valence-electron chi connectivity index (χ0n) is 42.8. The highest BCUT2D eigenvalue weighted by molar-refractivity contribution is 5.90. The molecule has 0 aromatic heterocycles. The smallest absolute Gasteiger partial charge is 0.0714 e. The predicted molar refractivity (Wildman–Crippen MR) is 293 cm³/mol. The van der Waals surface area contributed by atoms with Crippen LogP contribution in [0.15, 0.2) is 291 Å². The standard InChI is InChI=1S/C69H53N/c1-6-18-50(19-7-1)48-66(57-22-10-3-11-23-57)58-36-34-54(35-37-58)56-40-44-62(45-41-56)70(61-42-38-55(39-43-61)53-32-30-52(31-33-53)51-20-8-2-9-21-51)63-46-47-65-64-28-16-17-29-67(64)69(68(65)49-63,59-24-12-4-13-25-59)60-26-14-5-15-27-60/h1-34,36-47,49,54,66H,35,48H2/i38D,39D,42D,43D. The van der Waals surface area contributed by atoms with Crippen LogP contribution in [0.4, 0.5) is 17.1 Å². The van der Waals surface area contributed by atoms with Gasteiger partial charge >= 0.3 is 0 Å². The summed E-state index contributed by atoms with van der Waals surface area (Å²) in [4.78, 5) is 1.94. The summed E-state index contributed by atoms with van der Waals surface area (Å²) in [5.74, 6) is 0.382. The quantitative estimate of drug-likeness (QED) is 0.118. The first-order valence-electron chi connectivity index (χ1n) is 26.4. The summed E-state index contributed by atoms with van der Waals surface area (Å²) in [7, 11) is 0. The molecule has 10 aromatic rings. The SMILES string of the molecule is [2H]c1c([2H])c(N(c2ccc(C3C=CC(C(Cc4ccccc4)c4ccccc4)=CC3)cc2)c2ccc3c(c2)C(c2ccccc2)(c2ccccc2)c2ccccc2-3)c([2H])c([2H])c1-c1ccc(-c2ccccc2)cc1. The van der Waals surface area contributed by atoms with Gasteiger partial charge in [-0.15, -0.1) is 0 Å². The molecule has 0 spiro atoms. The van der Waals surface area contributed by atoms with E-state index in [1.807, 2.05) is 47.4 Å². The van der Waals surface area contributed by atoms with Crippen LogP contribution in [0.2, 0.25) is 0 Å². The molecule has 0 fully saturated rings. The first-order valence-corrected chi connectivity index (χ1v) is 24.4. The maximum absolute atomic E-state index is 9.88. The largest absolute Gasteiger partial charge is 0.310 e. The lowest BCUT2D eigenvalue weighted by Gasteiger charge is -2.35. The van der Waals surface area contributed by atoms with E-state index in [9.17, 15) is 5.48 Å². The monoisotopic (exact) mass is 899 g/mol. The number of hydrogen-bond donors (Lipinski definition) is 0. The predicted octanol–water partition coefficient (Wildman–Crippen LogP) is 17.8. The summed E-state index contributed by atoms with van der Waals surface area (Å²) in [6.45, 7) is 0. The third-order valence-electron chi connectivity index (χ3n) is 14.4. The van der Waals surface area contributed by atoms with Crippen molar-refractivity contribution in [3.63, 3.8) is 0 Å². The number of rotatable bonds is 12. The third kappa shape index (κ3) is 8.00. The summed E-state index contributed by atoms with van der Waals surface area (Å²) in [6, 6.07) is 83.9. The van der Waals surface area contributed by atoms with Crippen molar-refractivity contribution in [2.75, 3.05) is 4.90 Å². The minimum atomic E-state index is -0.690. The molecule has 12 rings (SSSR count). The molecular formula is C69H53N. The summed E-state index contributed by atoms with van der Waals surface area (Å²) in [5.41, 5.74) is 15.8. The van der Waals surface area contributed by atoms with E-state index in [1.54, 1.807) is 0 Å². The highest BCUT2D eigenvalue weighted by atomic mass is 15.1. The maximum Gasteiger partial charge on any atom is 0.0714 e. The van der Waals surface area contributed by atoms with E-state index in [4.69, 9.17) is 0 Å². The summed E-state index contributed by atoms with van der Waals surface area (Å²) in [6.07, 6.45) is 8.82. The summed E-state index contributed by atoms with van der Waals surface area (Å²) >= 11 is 0. The number of fused-ring (bicyclic) bond motifs is 3. The van der Waals surface area contributed by atoms with Gasteiger partial charge in [-0.3, -0.25) is 0 Å². The van der Waals surface area contributed by atoms with Gasteiger partial charge in [0, 0.05) is 28.9 Å². The average Bonchev–Trinajstić information content (AvgIpc) is 3.78. The zero-order valence-corrected chi connectivity index (χ0v) is 38.8. The van der Waals surface area contributed by atoms with E-state index in [0.29, 0.717) is 5.56 Å². The van der Waals surface area contributed by atoms with E-state index in [0.717, 1.165) is 68.7 Å². The van der Waals surface area contributed by atoms with Gasteiger partial charge < -0.3 is 4.90 Å². The molecule has 0 saturated heterocycles. The Kier molecular flexibility index (Phi) is 10.4. The molecule has 0 bridgehead atoms. The average molecular weight is 900 g/mol. The van der Waals surface area contributed by atoms with Gasteiger partial charge in [0.2, 0.25) is 0 Å². The van der Waals surface area contributed by atoms with Crippen LogP contribution in [0.5, 0.6) is 0 Å². The lowest BCUT2D eigenvalue weighted by atomic mass is 9.67. The van der Waals surface area contributed by atoms with Crippen LogP contribution in [0.3, 0.4) is 0 Å². The fourth-order valence-electron chi connectivity index (χ4n) is 11.0. The van der Waals surface area contributed by atoms with Crippen molar-refractivity contribution in [3.8, 4) is 33.4 Å². The molecule has 10 aromatic carbocycles. The van der Waals surface area contributed by atoms with Gasteiger partial charge in [0.05, 0.1) is 10.9 Å². The molecule has 1 nitrogen and oxygen atoms in total. The Bertz CT molecular complexity index is 3620. The first-order chi connectivity index (χ1) is 36.4. The van der Waals surface area contributed by atoms with E-state index in [-0.39, 0.29) is 47.3 Å². The van der Waals surface area contributed by atoms with Crippen LogP contribution in [0, 0.1) is 0 Å². The van der Waals surface area contributed by atoms with Crippen LogP contribution in [0.1, 0.15) is 62.7 Å². The topological polar surface area (TPSA) is 3.24 Å². The molecule has 2 aliphatic carbocycles. The Labute approximate surface area is 418 Å². The van der Waals surface area contributed by atoms with Gasteiger partial charge in [-0.1, -0.05) is 249 Å². The molecule has 2 unspecified atom stereocenters. The molecule has 1 heteroatoms.